The standard InChI is InChI=1S/C21H20FNO4/c1-23(20(24)16-7-4-8-17(16)21(25)26)19-10-9-14(12-18(19)22)13-5-3-6-15(11-13)27-2/h3,5-6,9-12H,4,7-8H2,1-2H3,(H,25,26). The summed E-state index contributed by atoms with van der Waals surface area (Å²) < 4.78 is 19.9. The molecular formula is C21H20FNO4. The molecule has 0 fully saturated rings. The van der Waals surface area contributed by atoms with Gasteiger partial charge in [0, 0.05) is 18.2 Å². The van der Waals surface area contributed by atoms with Crippen molar-refractivity contribution in [2.45, 2.75) is 19.3 Å². The van der Waals surface area contributed by atoms with Gasteiger partial charge in [-0.05, 0) is 54.7 Å². The Bertz CT molecular complexity index is 936. The van der Waals surface area contributed by atoms with Gasteiger partial charge in [0.25, 0.3) is 5.91 Å². The number of carboxylic acids is 1. The number of halogens is 1. The summed E-state index contributed by atoms with van der Waals surface area (Å²) in [6.07, 6.45) is 1.38. The lowest BCUT2D eigenvalue weighted by molar-refractivity contribution is -0.133. The van der Waals surface area contributed by atoms with E-state index in [9.17, 15) is 19.1 Å². The fourth-order valence-electron chi connectivity index (χ4n) is 3.29. The Labute approximate surface area is 156 Å². The van der Waals surface area contributed by atoms with Crippen molar-refractivity contribution < 1.29 is 23.8 Å². The first-order chi connectivity index (χ1) is 12.9. The highest BCUT2D eigenvalue weighted by atomic mass is 19.1. The van der Waals surface area contributed by atoms with E-state index in [-0.39, 0.29) is 16.8 Å². The number of benzene rings is 2. The lowest BCUT2D eigenvalue weighted by atomic mass is 10.0. The number of carboxylic acid groups (broad SMARTS) is 1. The van der Waals surface area contributed by atoms with Crippen LogP contribution in [0.1, 0.15) is 19.3 Å². The van der Waals surface area contributed by atoms with Crippen LogP contribution < -0.4 is 9.64 Å². The van der Waals surface area contributed by atoms with E-state index in [1.165, 1.54) is 24.1 Å². The Morgan fingerprint density at radius 1 is 1.07 bits per heavy atom. The fraction of sp³-hybridized carbons (Fsp3) is 0.238. The Morgan fingerprint density at radius 2 is 1.78 bits per heavy atom. The summed E-state index contributed by atoms with van der Waals surface area (Å²) in [6.45, 7) is 0. The Hall–Kier alpha value is -3.15. The van der Waals surface area contributed by atoms with E-state index in [0.717, 1.165) is 5.56 Å². The zero-order chi connectivity index (χ0) is 19.6. The molecule has 0 heterocycles. The van der Waals surface area contributed by atoms with Crippen molar-refractivity contribution in [3.05, 3.63) is 59.4 Å². The minimum Gasteiger partial charge on any atom is -0.497 e. The van der Waals surface area contributed by atoms with Crippen LogP contribution >= 0.6 is 0 Å². The number of rotatable bonds is 5. The molecule has 0 bridgehead atoms. The maximum Gasteiger partial charge on any atom is 0.332 e. The summed E-state index contributed by atoms with van der Waals surface area (Å²) in [7, 11) is 3.02. The summed E-state index contributed by atoms with van der Waals surface area (Å²) >= 11 is 0. The highest BCUT2D eigenvalue weighted by Crippen LogP contribution is 2.32. The minimum atomic E-state index is -1.09. The molecule has 1 aliphatic rings. The summed E-state index contributed by atoms with van der Waals surface area (Å²) in [5.74, 6) is -1.45. The fourth-order valence-corrected chi connectivity index (χ4v) is 3.29. The van der Waals surface area contributed by atoms with Crippen molar-refractivity contribution in [3.8, 4) is 16.9 Å². The number of ether oxygens (including phenoxy) is 1. The number of likely N-dealkylation sites (N-methyl/N-ethyl adjacent to an activating group) is 1. The maximum atomic E-state index is 14.7. The molecule has 0 saturated heterocycles. The molecule has 0 aromatic heterocycles. The van der Waals surface area contributed by atoms with Crippen LogP contribution in [-0.4, -0.2) is 31.1 Å². The van der Waals surface area contributed by atoms with Crippen molar-refractivity contribution in [2.24, 2.45) is 0 Å². The van der Waals surface area contributed by atoms with E-state index in [4.69, 9.17) is 4.74 Å². The third kappa shape index (κ3) is 3.69. The first kappa shape index (κ1) is 18.6. The van der Waals surface area contributed by atoms with Crippen LogP contribution in [0.2, 0.25) is 0 Å². The second kappa shape index (κ2) is 7.61. The number of hydrogen-bond donors (Lipinski definition) is 1. The Morgan fingerprint density at radius 3 is 2.44 bits per heavy atom. The number of carbonyl (C=O) groups is 2. The molecule has 3 rings (SSSR count). The lowest BCUT2D eigenvalue weighted by Crippen LogP contribution is -2.29. The molecule has 2 aromatic carbocycles. The van der Waals surface area contributed by atoms with Gasteiger partial charge in [0.1, 0.15) is 11.6 Å². The van der Waals surface area contributed by atoms with Gasteiger partial charge in [0.15, 0.2) is 0 Å². The number of anilines is 1. The summed E-state index contributed by atoms with van der Waals surface area (Å²) in [5, 5.41) is 9.23. The van der Waals surface area contributed by atoms with Crippen molar-refractivity contribution >= 4 is 17.6 Å². The third-order valence-electron chi connectivity index (χ3n) is 4.75. The van der Waals surface area contributed by atoms with Crippen molar-refractivity contribution in [2.75, 3.05) is 19.1 Å². The van der Waals surface area contributed by atoms with E-state index in [2.05, 4.69) is 0 Å². The highest BCUT2D eigenvalue weighted by Gasteiger charge is 2.28. The molecule has 1 aliphatic carbocycles. The minimum absolute atomic E-state index is 0.107. The van der Waals surface area contributed by atoms with Gasteiger partial charge in [0.2, 0.25) is 0 Å². The lowest BCUT2D eigenvalue weighted by Gasteiger charge is -2.20. The second-order valence-electron chi connectivity index (χ2n) is 6.38. The topological polar surface area (TPSA) is 66.8 Å². The first-order valence-corrected chi connectivity index (χ1v) is 8.59. The second-order valence-corrected chi connectivity index (χ2v) is 6.38. The number of aliphatic carboxylic acids is 1. The molecular weight excluding hydrogens is 349 g/mol. The normalized spacial score (nSPS) is 13.6. The molecule has 0 aliphatic heterocycles. The van der Waals surface area contributed by atoms with Gasteiger partial charge >= 0.3 is 5.97 Å². The van der Waals surface area contributed by atoms with Crippen LogP contribution in [0.4, 0.5) is 10.1 Å². The maximum absolute atomic E-state index is 14.7. The average Bonchev–Trinajstić information content (AvgIpc) is 3.17. The number of methoxy groups -OCH3 is 1. The van der Waals surface area contributed by atoms with Crippen molar-refractivity contribution in [1.29, 1.82) is 0 Å². The molecule has 27 heavy (non-hydrogen) atoms. The molecule has 0 atom stereocenters. The van der Waals surface area contributed by atoms with Gasteiger partial charge in [-0.1, -0.05) is 18.2 Å². The van der Waals surface area contributed by atoms with Crippen molar-refractivity contribution in [3.63, 3.8) is 0 Å². The SMILES string of the molecule is COc1cccc(-c2ccc(N(C)C(=O)C3=C(C(=O)O)CCC3)c(F)c2)c1. The molecule has 0 unspecified atom stereocenters. The van der Waals surface area contributed by atoms with E-state index in [0.29, 0.717) is 30.6 Å². The zero-order valence-electron chi connectivity index (χ0n) is 15.2. The number of amides is 1. The van der Waals surface area contributed by atoms with Gasteiger partial charge in [-0.2, -0.15) is 0 Å². The molecule has 0 saturated carbocycles. The largest absolute Gasteiger partial charge is 0.497 e. The number of carbonyl (C=O) groups excluding carboxylic acids is 1. The Balaban J connectivity index is 1.90. The molecule has 0 radical (unpaired) electrons. The smallest absolute Gasteiger partial charge is 0.332 e. The summed E-state index contributed by atoms with van der Waals surface area (Å²) in [5.41, 5.74) is 1.93. The van der Waals surface area contributed by atoms with Gasteiger partial charge < -0.3 is 14.7 Å². The van der Waals surface area contributed by atoms with Gasteiger partial charge in [-0.25, -0.2) is 9.18 Å². The zero-order valence-corrected chi connectivity index (χ0v) is 15.2. The van der Waals surface area contributed by atoms with E-state index in [1.807, 2.05) is 12.1 Å². The van der Waals surface area contributed by atoms with Crippen LogP contribution in [0.5, 0.6) is 5.75 Å². The molecule has 140 valence electrons. The van der Waals surface area contributed by atoms with Crippen LogP contribution in [0.15, 0.2) is 53.6 Å². The predicted molar refractivity (Wildman–Crippen MR) is 100 cm³/mol. The molecule has 2 aromatic rings. The van der Waals surface area contributed by atoms with Gasteiger partial charge in [-0.15, -0.1) is 0 Å². The average molecular weight is 369 g/mol. The van der Waals surface area contributed by atoms with Gasteiger partial charge in [-0.3, -0.25) is 4.79 Å². The first-order valence-electron chi connectivity index (χ1n) is 8.59. The highest BCUT2D eigenvalue weighted by molar-refractivity contribution is 6.10. The summed E-state index contributed by atoms with van der Waals surface area (Å²) in [6, 6.07) is 11.9. The van der Waals surface area contributed by atoms with Crippen LogP contribution in [0.25, 0.3) is 11.1 Å². The summed E-state index contributed by atoms with van der Waals surface area (Å²) in [4.78, 5) is 25.1. The number of hydrogen-bond acceptors (Lipinski definition) is 3. The van der Waals surface area contributed by atoms with E-state index >= 15 is 0 Å². The van der Waals surface area contributed by atoms with Crippen LogP contribution in [0.3, 0.4) is 0 Å². The molecule has 1 N–H and O–H groups in total. The molecule has 0 spiro atoms. The third-order valence-corrected chi connectivity index (χ3v) is 4.75. The van der Waals surface area contributed by atoms with Crippen LogP contribution in [-0.2, 0) is 9.59 Å². The van der Waals surface area contributed by atoms with Gasteiger partial charge in [0.05, 0.1) is 12.8 Å². The number of nitrogens with zero attached hydrogens (tertiary/aromatic N) is 1. The van der Waals surface area contributed by atoms with E-state index in [1.54, 1.807) is 25.3 Å². The molecule has 1 amide bonds. The quantitative estimate of drug-likeness (QED) is 0.864. The van der Waals surface area contributed by atoms with Crippen molar-refractivity contribution in [1.82, 2.24) is 0 Å². The molecule has 5 nitrogen and oxygen atoms in total. The van der Waals surface area contributed by atoms with E-state index < -0.39 is 17.7 Å². The molecule has 6 heteroatoms. The Kier molecular flexibility index (Phi) is 5.26. The monoisotopic (exact) mass is 369 g/mol. The van der Waals surface area contributed by atoms with Crippen LogP contribution in [0, 0.1) is 5.82 Å². The predicted octanol–water partition coefficient (Wildman–Crippen LogP) is 4.03.